The number of rotatable bonds is 4. The first-order valence-electron chi connectivity index (χ1n) is 6.67. The zero-order chi connectivity index (χ0) is 15.4. The first-order valence-corrected chi connectivity index (χ1v) is 6.67. The van der Waals surface area contributed by atoms with Crippen LogP contribution in [-0.4, -0.2) is 29.2 Å². The highest BCUT2D eigenvalue weighted by Gasteiger charge is 2.06. The van der Waals surface area contributed by atoms with Gasteiger partial charge in [-0.2, -0.15) is 5.10 Å². The van der Waals surface area contributed by atoms with Crippen LogP contribution in [0.2, 0.25) is 0 Å². The zero-order valence-corrected chi connectivity index (χ0v) is 11.9. The number of carbonyl (C=O) groups is 1. The summed E-state index contributed by atoms with van der Waals surface area (Å²) in [5.74, 6) is 0.405. The number of benzene rings is 2. The molecular weight excluding hydrogens is 280 g/mol. The normalized spacial score (nSPS) is 11.0. The molecule has 1 heterocycles. The molecule has 3 aromatic rings. The maximum atomic E-state index is 12.1. The van der Waals surface area contributed by atoms with Crippen LogP contribution >= 0.6 is 0 Å². The second-order valence-electron chi connectivity index (χ2n) is 4.58. The lowest BCUT2D eigenvalue weighted by atomic mass is 10.2. The molecule has 6 heteroatoms. The van der Waals surface area contributed by atoms with E-state index in [9.17, 15) is 4.79 Å². The molecule has 0 radical (unpaired) electrons. The van der Waals surface area contributed by atoms with Gasteiger partial charge < -0.3 is 9.72 Å². The van der Waals surface area contributed by atoms with Crippen molar-refractivity contribution >= 4 is 23.2 Å². The molecule has 0 atom stereocenters. The quantitative estimate of drug-likeness (QED) is 0.572. The van der Waals surface area contributed by atoms with E-state index in [0.717, 1.165) is 16.6 Å². The van der Waals surface area contributed by atoms with E-state index < -0.39 is 0 Å². The number of carbonyl (C=O) groups excluding carboxylic acids is 1. The van der Waals surface area contributed by atoms with Crippen molar-refractivity contribution in [3.63, 3.8) is 0 Å². The number of H-pyrrole nitrogens is 1. The number of aromatic amines is 1. The zero-order valence-electron chi connectivity index (χ0n) is 11.9. The third-order valence-electron chi connectivity index (χ3n) is 3.19. The first kappa shape index (κ1) is 13.8. The predicted molar refractivity (Wildman–Crippen MR) is 84.1 cm³/mol. The van der Waals surface area contributed by atoms with Crippen LogP contribution in [-0.2, 0) is 0 Å². The topological polar surface area (TPSA) is 79.4 Å². The number of amides is 1. The Morgan fingerprint density at radius 3 is 3.05 bits per heavy atom. The molecule has 0 bridgehead atoms. The highest BCUT2D eigenvalue weighted by Crippen LogP contribution is 2.14. The van der Waals surface area contributed by atoms with Gasteiger partial charge in [-0.3, -0.25) is 4.79 Å². The van der Waals surface area contributed by atoms with Crippen molar-refractivity contribution in [3.8, 4) is 5.75 Å². The summed E-state index contributed by atoms with van der Waals surface area (Å²) in [5.41, 5.74) is 5.41. The minimum absolute atomic E-state index is 0.289. The van der Waals surface area contributed by atoms with E-state index in [1.165, 1.54) is 0 Å². The molecule has 0 spiro atoms. The molecule has 1 aromatic heterocycles. The lowest BCUT2D eigenvalue weighted by Gasteiger charge is -2.03. The van der Waals surface area contributed by atoms with Crippen LogP contribution in [0.3, 0.4) is 0 Å². The van der Waals surface area contributed by atoms with Crippen LogP contribution < -0.4 is 10.2 Å². The number of aromatic nitrogens is 2. The number of nitrogens with zero attached hydrogens (tertiary/aromatic N) is 2. The molecule has 1 amide bonds. The summed E-state index contributed by atoms with van der Waals surface area (Å²) in [6, 6.07) is 12.6. The summed E-state index contributed by atoms with van der Waals surface area (Å²) in [6.45, 7) is 0. The average Bonchev–Trinajstić information content (AvgIpc) is 3.02. The molecule has 2 N–H and O–H groups in total. The molecule has 2 aromatic carbocycles. The Morgan fingerprint density at radius 1 is 1.32 bits per heavy atom. The highest BCUT2D eigenvalue weighted by atomic mass is 16.5. The standard InChI is InChI=1S/C16H14N4O2/c1-22-15-5-3-2-4-12(15)9-19-20-16(21)11-6-7-13-14(8-11)18-10-17-13/h2-10H,1H3,(H,17,18)(H,20,21). The Bertz CT molecular complexity index is 839. The molecular formula is C16H14N4O2. The molecule has 0 aliphatic rings. The summed E-state index contributed by atoms with van der Waals surface area (Å²) in [7, 11) is 1.59. The van der Waals surface area contributed by atoms with Crippen molar-refractivity contribution in [2.24, 2.45) is 5.10 Å². The van der Waals surface area contributed by atoms with E-state index in [4.69, 9.17) is 4.74 Å². The van der Waals surface area contributed by atoms with Gasteiger partial charge in [-0.15, -0.1) is 0 Å². The fraction of sp³-hybridized carbons (Fsp3) is 0.0625. The highest BCUT2D eigenvalue weighted by molar-refractivity contribution is 5.97. The van der Waals surface area contributed by atoms with E-state index in [0.29, 0.717) is 11.3 Å². The van der Waals surface area contributed by atoms with E-state index in [1.54, 1.807) is 37.9 Å². The molecule has 0 fully saturated rings. The second-order valence-corrected chi connectivity index (χ2v) is 4.58. The lowest BCUT2D eigenvalue weighted by Crippen LogP contribution is -2.17. The maximum absolute atomic E-state index is 12.1. The number of para-hydroxylation sites is 1. The Morgan fingerprint density at radius 2 is 2.18 bits per heavy atom. The fourth-order valence-corrected chi connectivity index (χ4v) is 2.07. The van der Waals surface area contributed by atoms with Crippen molar-refractivity contribution in [1.29, 1.82) is 0 Å². The molecule has 0 aliphatic carbocycles. The maximum Gasteiger partial charge on any atom is 0.271 e. The molecule has 0 unspecified atom stereocenters. The van der Waals surface area contributed by atoms with Crippen molar-refractivity contribution in [2.75, 3.05) is 7.11 Å². The largest absolute Gasteiger partial charge is 0.496 e. The van der Waals surface area contributed by atoms with Gasteiger partial charge in [0.15, 0.2) is 0 Å². The Kier molecular flexibility index (Phi) is 3.82. The molecule has 6 nitrogen and oxygen atoms in total. The molecule has 0 saturated carbocycles. The van der Waals surface area contributed by atoms with Crippen LogP contribution in [0.1, 0.15) is 15.9 Å². The van der Waals surface area contributed by atoms with Gasteiger partial charge in [0.1, 0.15) is 5.75 Å². The number of hydrazone groups is 1. The summed E-state index contributed by atoms with van der Waals surface area (Å²) in [4.78, 5) is 19.1. The average molecular weight is 294 g/mol. The van der Waals surface area contributed by atoms with Crippen molar-refractivity contribution in [3.05, 3.63) is 59.9 Å². The minimum Gasteiger partial charge on any atom is -0.496 e. The first-order chi connectivity index (χ1) is 10.8. The Balaban J connectivity index is 1.72. The van der Waals surface area contributed by atoms with Crippen molar-refractivity contribution in [1.82, 2.24) is 15.4 Å². The SMILES string of the molecule is COc1ccccc1C=NNC(=O)c1ccc2nc[nH]c2c1. The van der Waals surface area contributed by atoms with Crippen LogP contribution in [0.5, 0.6) is 5.75 Å². The minimum atomic E-state index is -0.289. The summed E-state index contributed by atoms with van der Waals surface area (Å²) >= 11 is 0. The number of hydrogen-bond donors (Lipinski definition) is 2. The molecule has 22 heavy (non-hydrogen) atoms. The summed E-state index contributed by atoms with van der Waals surface area (Å²) in [5, 5.41) is 3.96. The van der Waals surface area contributed by atoms with Gasteiger partial charge in [-0.1, -0.05) is 12.1 Å². The van der Waals surface area contributed by atoms with Crippen LogP contribution in [0.15, 0.2) is 53.9 Å². The number of ether oxygens (including phenoxy) is 1. The van der Waals surface area contributed by atoms with E-state index in [2.05, 4.69) is 20.5 Å². The number of methoxy groups -OCH3 is 1. The smallest absolute Gasteiger partial charge is 0.271 e. The second kappa shape index (κ2) is 6.09. The Labute approximate surface area is 126 Å². The van der Waals surface area contributed by atoms with Gasteiger partial charge in [0.2, 0.25) is 0 Å². The number of fused-ring (bicyclic) bond motifs is 1. The van der Waals surface area contributed by atoms with Gasteiger partial charge in [-0.05, 0) is 30.3 Å². The number of imidazole rings is 1. The molecule has 3 rings (SSSR count). The van der Waals surface area contributed by atoms with Crippen LogP contribution in [0, 0.1) is 0 Å². The van der Waals surface area contributed by atoms with E-state index in [1.807, 2.05) is 24.3 Å². The van der Waals surface area contributed by atoms with Crippen LogP contribution in [0.4, 0.5) is 0 Å². The van der Waals surface area contributed by atoms with Gasteiger partial charge in [0, 0.05) is 11.1 Å². The van der Waals surface area contributed by atoms with Gasteiger partial charge in [0.05, 0.1) is 30.7 Å². The van der Waals surface area contributed by atoms with Gasteiger partial charge in [-0.25, -0.2) is 10.4 Å². The van der Waals surface area contributed by atoms with Crippen molar-refractivity contribution in [2.45, 2.75) is 0 Å². The number of nitrogens with one attached hydrogen (secondary N) is 2. The fourth-order valence-electron chi connectivity index (χ4n) is 2.07. The number of hydrogen-bond acceptors (Lipinski definition) is 4. The van der Waals surface area contributed by atoms with Gasteiger partial charge >= 0.3 is 0 Å². The predicted octanol–water partition coefficient (Wildman–Crippen LogP) is 2.34. The third-order valence-corrected chi connectivity index (χ3v) is 3.19. The molecule has 0 saturated heterocycles. The van der Waals surface area contributed by atoms with E-state index in [-0.39, 0.29) is 5.91 Å². The lowest BCUT2D eigenvalue weighted by molar-refractivity contribution is 0.0955. The van der Waals surface area contributed by atoms with E-state index >= 15 is 0 Å². The van der Waals surface area contributed by atoms with Crippen LogP contribution in [0.25, 0.3) is 11.0 Å². The monoisotopic (exact) mass is 294 g/mol. The molecule has 110 valence electrons. The van der Waals surface area contributed by atoms with Crippen molar-refractivity contribution < 1.29 is 9.53 Å². The summed E-state index contributed by atoms with van der Waals surface area (Å²) < 4.78 is 5.21. The third kappa shape index (κ3) is 2.80. The summed E-state index contributed by atoms with van der Waals surface area (Å²) in [6.07, 6.45) is 3.14. The molecule has 0 aliphatic heterocycles. The van der Waals surface area contributed by atoms with Gasteiger partial charge in [0.25, 0.3) is 5.91 Å². The Hall–Kier alpha value is -3.15.